The molecule has 1 unspecified atom stereocenters. The van der Waals surface area contributed by atoms with E-state index in [0.717, 1.165) is 0 Å². The molecular weight excluding hydrogens is 407 g/mol. The number of halogens is 2. The van der Waals surface area contributed by atoms with Gasteiger partial charge in [-0.05, 0) is 43.2 Å². The minimum absolute atomic E-state index is 0.0201. The highest BCUT2D eigenvalue weighted by Gasteiger charge is 2.33. The molecule has 0 bridgehead atoms. The lowest BCUT2D eigenvalue weighted by Gasteiger charge is -2.31. The SMILES string of the molecule is COc1ccc(S(=O)(=O)N2CCCC(C(=O)Nc3ccccc3F)C2)cc1Cl. The van der Waals surface area contributed by atoms with E-state index in [1.165, 1.54) is 47.8 Å². The monoisotopic (exact) mass is 426 g/mol. The summed E-state index contributed by atoms with van der Waals surface area (Å²) >= 11 is 6.05. The molecule has 1 saturated heterocycles. The lowest BCUT2D eigenvalue weighted by molar-refractivity contribution is -0.120. The van der Waals surface area contributed by atoms with Gasteiger partial charge in [0.05, 0.1) is 28.6 Å². The van der Waals surface area contributed by atoms with E-state index < -0.39 is 27.7 Å². The van der Waals surface area contributed by atoms with E-state index >= 15 is 0 Å². The number of hydrogen-bond donors (Lipinski definition) is 1. The molecule has 0 spiro atoms. The molecule has 0 aliphatic carbocycles. The number of sulfonamides is 1. The van der Waals surface area contributed by atoms with Gasteiger partial charge in [-0.2, -0.15) is 4.31 Å². The average molecular weight is 427 g/mol. The van der Waals surface area contributed by atoms with Gasteiger partial charge in [-0.1, -0.05) is 23.7 Å². The van der Waals surface area contributed by atoms with Crippen LogP contribution >= 0.6 is 11.6 Å². The first kappa shape index (κ1) is 20.6. The highest BCUT2D eigenvalue weighted by atomic mass is 35.5. The Bertz CT molecular complexity index is 984. The summed E-state index contributed by atoms with van der Waals surface area (Å²) in [7, 11) is -2.37. The van der Waals surface area contributed by atoms with Crippen LogP contribution in [0.3, 0.4) is 0 Å². The molecular formula is C19H20ClFN2O4S. The maximum atomic E-state index is 13.8. The first-order valence-electron chi connectivity index (χ1n) is 8.72. The molecule has 0 radical (unpaired) electrons. The van der Waals surface area contributed by atoms with Gasteiger partial charge in [-0.25, -0.2) is 12.8 Å². The molecule has 1 amide bonds. The van der Waals surface area contributed by atoms with Crippen LogP contribution in [0.25, 0.3) is 0 Å². The van der Waals surface area contributed by atoms with Gasteiger partial charge in [0.1, 0.15) is 11.6 Å². The van der Waals surface area contributed by atoms with E-state index in [4.69, 9.17) is 16.3 Å². The van der Waals surface area contributed by atoms with E-state index in [2.05, 4.69) is 5.32 Å². The van der Waals surface area contributed by atoms with Crippen LogP contribution in [0.1, 0.15) is 12.8 Å². The van der Waals surface area contributed by atoms with Crippen LogP contribution in [0.5, 0.6) is 5.75 Å². The van der Waals surface area contributed by atoms with Crippen LogP contribution in [0.15, 0.2) is 47.4 Å². The molecule has 1 heterocycles. The van der Waals surface area contributed by atoms with Gasteiger partial charge in [0, 0.05) is 13.1 Å². The second-order valence-corrected chi connectivity index (χ2v) is 8.81. The number of amides is 1. The van der Waals surface area contributed by atoms with Crippen molar-refractivity contribution in [3.8, 4) is 5.75 Å². The zero-order valence-electron chi connectivity index (χ0n) is 15.2. The summed E-state index contributed by atoms with van der Waals surface area (Å²) in [4.78, 5) is 12.6. The quantitative estimate of drug-likeness (QED) is 0.793. The number of carbonyl (C=O) groups is 1. The van der Waals surface area contributed by atoms with Crippen molar-refractivity contribution in [2.45, 2.75) is 17.7 Å². The van der Waals surface area contributed by atoms with Crippen molar-refractivity contribution in [3.05, 3.63) is 53.3 Å². The van der Waals surface area contributed by atoms with Crippen molar-refractivity contribution >= 4 is 33.2 Å². The molecule has 1 atom stereocenters. The Morgan fingerprint density at radius 3 is 2.71 bits per heavy atom. The van der Waals surface area contributed by atoms with E-state index in [-0.39, 0.29) is 22.2 Å². The predicted octanol–water partition coefficient (Wildman–Crippen LogP) is 3.53. The second kappa shape index (κ2) is 8.46. The first-order valence-corrected chi connectivity index (χ1v) is 10.5. The summed E-state index contributed by atoms with van der Waals surface area (Å²) in [6, 6.07) is 10.1. The largest absolute Gasteiger partial charge is 0.495 e. The van der Waals surface area contributed by atoms with Gasteiger partial charge in [0.15, 0.2) is 0 Å². The minimum Gasteiger partial charge on any atom is -0.495 e. The molecule has 9 heteroatoms. The van der Waals surface area contributed by atoms with Crippen molar-refractivity contribution in [1.29, 1.82) is 0 Å². The molecule has 28 heavy (non-hydrogen) atoms. The molecule has 2 aromatic carbocycles. The fourth-order valence-corrected chi connectivity index (χ4v) is 5.00. The number of anilines is 1. The van der Waals surface area contributed by atoms with Gasteiger partial charge in [0.25, 0.3) is 0 Å². The number of para-hydroxylation sites is 1. The predicted molar refractivity (Wildman–Crippen MR) is 105 cm³/mol. The third kappa shape index (κ3) is 4.29. The van der Waals surface area contributed by atoms with E-state index in [9.17, 15) is 17.6 Å². The van der Waals surface area contributed by atoms with Crippen LogP contribution < -0.4 is 10.1 Å². The Morgan fingerprint density at radius 2 is 2.04 bits per heavy atom. The molecule has 1 fully saturated rings. The molecule has 150 valence electrons. The minimum atomic E-state index is -3.82. The summed E-state index contributed by atoms with van der Waals surface area (Å²) in [5, 5.41) is 2.73. The Kier molecular flexibility index (Phi) is 6.22. The van der Waals surface area contributed by atoms with Crippen LogP contribution in [0.4, 0.5) is 10.1 Å². The molecule has 2 aromatic rings. The highest BCUT2D eigenvalue weighted by Crippen LogP contribution is 2.30. The zero-order valence-corrected chi connectivity index (χ0v) is 16.8. The first-order chi connectivity index (χ1) is 13.3. The van der Waals surface area contributed by atoms with E-state index in [1.807, 2.05) is 0 Å². The number of rotatable bonds is 5. The van der Waals surface area contributed by atoms with Crippen LogP contribution in [0, 0.1) is 11.7 Å². The van der Waals surface area contributed by atoms with Gasteiger partial charge in [-0.3, -0.25) is 4.79 Å². The maximum Gasteiger partial charge on any atom is 0.243 e. The lowest BCUT2D eigenvalue weighted by Crippen LogP contribution is -2.43. The highest BCUT2D eigenvalue weighted by molar-refractivity contribution is 7.89. The number of piperidine rings is 1. The fourth-order valence-electron chi connectivity index (χ4n) is 3.13. The van der Waals surface area contributed by atoms with Gasteiger partial charge < -0.3 is 10.1 Å². The zero-order chi connectivity index (χ0) is 20.3. The number of carbonyl (C=O) groups excluding carboxylic acids is 1. The maximum absolute atomic E-state index is 13.8. The van der Waals surface area contributed by atoms with Crippen LogP contribution in [-0.4, -0.2) is 38.8 Å². The van der Waals surface area contributed by atoms with Crippen molar-refractivity contribution < 1.29 is 22.3 Å². The number of hydrogen-bond acceptors (Lipinski definition) is 4. The fraction of sp³-hybridized carbons (Fsp3) is 0.316. The third-order valence-electron chi connectivity index (χ3n) is 4.65. The number of nitrogens with one attached hydrogen (secondary N) is 1. The molecule has 3 rings (SSSR count). The van der Waals surface area contributed by atoms with Crippen molar-refractivity contribution in [2.24, 2.45) is 5.92 Å². The van der Waals surface area contributed by atoms with Crippen molar-refractivity contribution in [3.63, 3.8) is 0 Å². The molecule has 1 aliphatic heterocycles. The molecule has 0 aromatic heterocycles. The molecule has 1 aliphatic rings. The summed E-state index contributed by atoms with van der Waals surface area (Å²) in [5.41, 5.74) is 0.0782. The van der Waals surface area contributed by atoms with Gasteiger partial charge in [0.2, 0.25) is 15.9 Å². The van der Waals surface area contributed by atoms with E-state index in [1.54, 1.807) is 6.07 Å². The van der Waals surface area contributed by atoms with Crippen molar-refractivity contribution in [2.75, 3.05) is 25.5 Å². The molecule has 6 nitrogen and oxygen atoms in total. The lowest BCUT2D eigenvalue weighted by atomic mass is 9.98. The second-order valence-electron chi connectivity index (χ2n) is 6.47. The summed E-state index contributed by atoms with van der Waals surface area (Å²) in [5.74, 6) is -1.14. The molecule has 0 saturated carbocycles. The number of ether oxygens (including phenoxy) is 1. The summed E-state index contributed by atoms with van der Waals surface area (Å²) < 4.78 is 46.0. The topological polar surface area (TPSA) is 75.7 Å². The van der Waals surface area contributed by atoms with Gasteiger partial charge in [-0.15, -0.1) is 0 Å². The Labute approximate surface area is 168 Å². The van der Waals surface area contributed by atoms with Crippen molar-refractivity contribution in [1.82, 2.24) is 4.31 Å². The Morgan fingerprint density at radius 1 is 1.29 bits per heavy atom. The summed E-state index contributed by atoms with van der Waals surface area (Å²) in [6.07, 6.45) is 1.05. The van der Waals surface area contributed by atoms with Crippen LogP contribution in [0.2, 0.25) is 5.02 Å². The Hall–Kier alpha value is -2.16. The van der Waals surface area contributed by atoms with E-state index in [0.29, 0.717) is 25.1 Å². The third-order valence-corrected chi connectivity index (χ3v) is 6.80. The normalized spacial score (nSPS) is 17.9. The summed E-state index contributed by atoms with van der Waals surface area (Å²) in [6.45, 7) is 0.321. The smallest absolute Gasteiger partial charge is 0.243 e. The number of nitrogens with zero attached hydrogens (tertiary/aromatic N) is 1. The Balaban J connectivity index is 1.76. The van der Waals surface area contributed by atoms with Crippen LogP contribution in [-0.2, 0) is 14.8 Å². The average Bonchev–Trinajstić information content (AvgIpc) is 2.69. The number of benzene rings is 2. The molecule has 1 N–H and O–H groups in total. The number of methoxy groups -OCH3 is 1. The van der Waals surface area contributed by atoms with Gasteiger partial charge >= 0.3 is 0 Å². The standard InChI is InChI=1S/C19H20ClFN2O4S/c1-27-18-9-8-14(11-15(18)20)28(25,26)23-10-4-5-13(12-23)19(24)22-17-7-3-2-6-16(17)21/h2-3,6-9,11,13H,4-5,10,12H2,1H3,(H,22,24).